The number of benzene rings is 1. The molecule has 0 amide bonds. The molecule has 1 aromatic heterocycles. The number of carbonyl (C=O) groups excluding carboxylic acids is 1. The molecule has 5 heteroatoms. The van der Waals surface area contributed by atoms with Gasteiger partial charge in [-0.3, -0.25) is 4.79 Å². The first-order chi connectivity index (χ1) is 9.60. The van der Waals surface area contributed by atoms with E-state index in [-0.39, 0.29) is 11.8 Å². The molecule has 0 saturated carbocycles. The maximum atomic E-state index is 12.1. The Balaban J connectivity index is 1.99. The van der Waals surface area contributed by atoms with E-state index < -0.39 is 0 Å². The van der Waals surface area contributed by atoms with Gasteiger partial charge in [0, 0.05) is 12.5 Å². The lowest BCUT2D eigenvalue weighted by atomic mass is 10.1. The quantitative estimate of drug-likeness (QED) is 0.809. The van der Waals surface area contributed by atoms with Gasteiger partial charge in [0.15, 0.2) is 0 Å². The van der Waals surface area contributed by atoms with Crippen molar-refractivity contribution in [1.82, 2.24) is 14.8 Å². The molecule has 5 nitrogen and oxygen atoms in total. The van der Waals surface area contributed by atoms with Gasteiger partial charge in [-0.2, -0.15) is 5.10 Å². The van der Waals surface area contributed by atoms with E-state index in [0.717, 1.165) is 17.1 Å². The van der Waals surface area contributed by atoms with Crippen molar-refractivity contribution in [2.45, 2.75) is 32.7 Å². The Labute approximate surface area is 118 Å². The SMILES string of the molecule is COc1ccc(CC(=O)Cc2ncnn2C(C)C)cc1. The van der Waals surface area contributed by atoms with Gasteiger partial charge < -0.3 is 4.74 Å². The van der Waals surface area contributed by atoms with E-state index in [2.05, 4.69) is 10.1 Å². The Morgan fingerprint density at radius 1 is 1.25 bits per heavy atom. The van der Waals surface area contributed by atoms with Crippen LogP contribution in [-0.2, 0) is 17.6 Å². The van der Waals surface area contributed by atoms with Crippen LogP contribution >= 0.6 is 0 Å². The first kappa shape index (κ1) is 14.2. The minimum Gasteiger partial charge on any atom is -0.497 e. The third-order valence-electron chi connectivity index (χ3n) is 3.05. The van der Waals surface area contributed by atoms with Gasteiger partial charge in [-0.05, 0) is 31.5 Å². The van der Waals surface area contributed by atoms with Crippen molar-refractivity contribution in [2.75, 3.05) is 7.11 Å². The van der Waals surface area contributed by atoms with Crippen molar-refractivity contribution >= 4 is 5.78 Å². The van der Waals surface area contributed by atoms with Crippen LogP contribution in [0.15, 0.2) is 30.6 Å². The molecule has 0 aliphatic rings. The number of rotatable bonds is 6. The Morgan fingerprint density at radius 2 is 1.95 bits per heavy atom. The van der Waals surface area contributed by atoms with Crippen molar-refractivity contribution < 1.29 is 9.53 Å². The summed E-state index contributed by atoms with van der Waals surface area (Å²) in [5.41, 5.74) is 0.978. The van der Waals surface area contributed by atoms with Crippen LogP contribution in [0.1, 0.15) is 31.3 Å². The lowest BCUT2D eigenvalue weighted by Gasteiger charge is -2.08. The molecule has 1 heterocycles. The molecule has 0 unspecified atom stereocenters. The normalized spacial score (nSPS) is 10.8. The van der Waals surface area contributed by atoms with Gasteiger partial charge >= 0.3 is 0 Å². The Morgan fingerprint density at radius 3 is 2.55 bits per heavy atom. The second-order valence-corrected chi connectivity index (χ2v) is 4.95. The molecule has 106 valence electrons. The average molecular weight is 273 g/mol. The highest BCUT2D eigenvalue weighted by Gasteiger charge is 2.12. The van der Waals surface area contributed by atoms with E-state index in [9.17, 15) is 4.79 Å². The van der Waals surface area contributed by atoms with Crippen LogP contribution in [0.25, 0.3) is 0 Å². The fourth-order valence-corrected chi connectivity index (χ4v) is 2.04. The molecule has 0 saturated heterocycles. The molecule has 2 rings (SSSR count). The number of carbonyl (C=O) groups is 1. The van der Waals surface area contributed by atoms with Crippen LogP contribution in [0.5, 0.6) is 5.75 Å². The summed E-state index contributed by atoms with van der Waals surface area (Å²) in [6.07, 6.45) is 2.20. The molecule has 0 atom stereocenters. The third-order valence-corrected chi connectivity index (χ3v) is 3.05. The fourth-order valence-electron chi connectivity index (χ4n) is 2.04. The van der Waals surface area contributed by atoms with Crippen LogP contribution in [0, 0.1) is 0 Å². The van der Waals surface area contributed by atoms with E-state index in [0.29, 0.717) is 12.8 Å². The second kappa shape index (κ2) is 6.32. The van der Waals surface area contributed by atoms with Crippen molar-refractivity contribution in [3.05, 3.63) is 42.0 Å². The van der Waals surface area contributed by atoms with Gasteiger partial charge in [-0.15, -0.1) is 0 Å². The summed E-state index contributed by atoms with van der Waals surface area (Å²) in [4.78, 5) is 16.3. The highest BCUT2D eigenvalue weighted by molar-refractivity contribution is 5.82. The van der Waals surface area contributed by atoms with Crippen LogP contribution in [-0.4, -0.2) is 27.7 Å². The zero-order valence-corrected chi connectivity index (χ0v) is 12.0. The summed E-state index contributed by atoms with van der Waals surface area (Å²) < 4.78 is 6.88. The van der Waals surface area contributed by atoms with Crippen molar-refractivity contribution in [2.24, 2.45) is 0 Å². The monoisotopic (exact) mass is 273 g/mol. The van der Waals surface area contributed by atoms with E-state index >= 15 is 0 Å². The molecule has 0 spiro atoms. The van der Waals surface area contributed by atoms with Gasteiger partial charge in [0.2, 0.25) is 0 Å². The summed E-state index contributed by atoms with van der Waals surface area (Å²) in [7, 11) is 1.62. The summed E-state index contributed by atoms with van der Waals surface area (Å²) in [6, 6.07) is 7.74. The minimum atomic E-state index is 0.130. The van der Waals surface area contributed by atoms with Gasteiger partial charge in [-0.25, -0.2) is 9.67 Å². The Hall–Kier alpha value is -2.17. The van der Waals surface area contributed by atoms with Gasteiger partial charge in [0.1, 0.15) is 23.7 Å². The van der Waals surface area contributed by atoms with Crippen molar-refractivity contribution in [3.8, 4) is 5.75 Å². The van der Waals surface area contributed by atoms with Gasteiger partial charge in [0.25, 0.3) is 0 Å². The van der Waals surface area contributed by atoms with Crippen LogP contribution in [0.2, 0.25) is 0 Å². The summed E-state index contributed by atoms with van der Waals surface area (Å²) in [5.74, 6) is 1.64. The topological polar surface area (TPSA) is 57.0 Å². The second-order valence-electron chi connectivity index (χ2n) is 4.95. The molecule has 1 aromatic carbocycles. The highest BCUT2D eigenvalue weighted by atomic mass is 16.5. The predicted octanol–water partition coefficient (Wildman–Crippen LogP) is 2.22. The summed E-state index contributed by atoms with van der Waals surface area (Å²) in [6.45, 7) is 4.04. The maximum Gasteiger partial charge on any atom is 0.144 e. The molecular weight excluding hydrogens is 254 g/mol. The zero-order chi connectivity index (χ0) is 14.5. The van der Waals surface area contributed by atoms with Gasteiger partial charge in [0.05, 0.1) is 13.5 Å². The van der Waals surface area contributed by atoms with Crippen LogP contribution in [0.4, 0.5) is 0 Å². The molecule has 0 aliphatic heterocycles. The molecule has 0 fully saturated rings. The van der Waals surface area contributed by atoms with E-state index in [1.165, 1.54) is 6.33 Å². The number of methoxy groups -OCH3 is 1. The van der Waals surface area contributed by atoms with E-state index in [1.807, 2.05) is 38.1 Å². The van der Waals surface area contributed by atoms with Crippen LogP contribution in [0.3, 0.4) is 0 Å². The summed E-state index contributed by atoms with van der Waals surface area (Å²) >= 11 is 0. The molecule has 0 radical (unpaired) electrons. The largest absolute Gasteiger partial charge is 0.497 e. The smallest absolute Gasteiger partial charge is 0.144 e. The number of ether oxygens (including phenoxy) is 1. The Bertz CT molecular complexity index is 573. The third kappa shape index (κ3) is 3.44. The van der Waals surface area contributed by atoms with Crippen LogP contribution < -0.4 is 4.74 Å². The number of hydrogen-bond donors (Lipinski definition) is 0. The standard InChI is InChI=1S/C15H19N3O2/c1-11(2)18-15(16-10-17-18)9-13(19)8-12-4-6-14(20-3)7-5-12/h4-7,10-11H,8-9H2,1-3H3. The number of hydrogen-bond acceptors (Lipinski definition) is 4. The number of nitrogens with zero attached hydrogens (tertiary/aromatic N) is 3. The number of ketones is 1. The fraction of sp³-hybridized carbons (Fsp3) is 0.400. The Kier molecular flexibility index (Phi) is 4.50. The number of Topliss-reactive ketones (excluding diaryl/α,β-unsaturated/α-hetero) is 1. The highest BCUT2D eigenvalue weighted by Crippen LogP contribution is 2.13. The van der Waals surface area contributed by atoms with Gasteiger partial charge in [-0.1, -0.05) is 12.1 Å². The molecule has 20 heavy (non-hydrogen) atoms. The first-order valence-corrected chi connectivity index (χ1v) is 6.63. The lowest BCUT2D eigenvalue weighted by molar-refractivity contribution is -0.117. The summed E-state index contributed by atoms with van der Waals surface area (Å²) in [5, 5.41) is 4.14. The number of aromatic nitrogens is 3. The maximum absolute atomic E-state index is 12.1. The minimum absolute atomic E-state index is 0.130. The van der Waals surface area contributed by atoms with Crippen molar-refractivity contribution in [1.29, 1.82) is 0 Å². The molecule has 0 bridgehead atoms. The molecular formula is C15H19N3O2. The van der Waals surface area contributed by atoms with Crippen molar-refractivity contribution in [3.63, 3.8) is 0 Å². The molecule has 0 aliphatic carbocycles. The molecule has 2 aromatic rings. The first-order valence-electron chi connectivity index (χ1n) is 6.63. The lowest BCUT2D eigenvalue weighted by Crippen LogP contribution is -2.14. The van der Waals surface area contributed by atoms with E-state index in [4.69, 9.17) is 4.74 Å². The predicted molar refractivity (Wildman–Crippen MR) is 75.8 cm³/mol. The zero-order valence-electron chi connectivity index (χ0n) is 12.0. The molecule has 0 N–H and O–H groups in total. The van der Waals surface area contributed by atoms with E-state index in [1.54, 1.807) is 11.8 Å². The average Bonchev–Trinajstić information content (AvgIpc) is 2.87.